The van der Waals surface area contributed by atoms with Crippen molar-refractivity contribution in [3.05, 3.63) is 84.4 Å². The largest absolute Gasteiger partial charge is 0.455 e. The van der Waals surface area contributed by atoms with Crippen molar-refractivity contribution in [3.63, 3.8) is 0 Å². The second-order valence-corrected chi connectivity index (χ2v) is 7.41. The van der Waals surface area contributed by atoms with Crippen molar-refractivity contribution in [1.29, 1.82) is 0 Å². The maximum absolute atomic E-state index is 12.4. The first kappa shape index (κ1) is 19.7. The number of carbonyl (C=O) groups excluding carboxylic acids is 1. The zero-order chi connectivity index (χ0) is 20.8. The number of carbonyl (C=O) groups is 1. The van der Waals surface area contributed by atoms with Crippen molar-refractivity contribution >= 4 is 23.4 Å². The lowest BCUT2D eigenvalue weighted by Gasteiger charge is -2.11. The van der Waals surface area contributed by atoms with Gasteiger partial charge in [-0.15, -0.1) is 10.2 Å². The van der Waals surface area contributed by atoms with E-state index in [2.05, 4.69) is 15.5 Å². The smallest absolute Gasteiger partial charge is 0.277 e. The van der Waals surface area contributed by atoms with Gasteiger partial charge in [0.15, 0.2) is 5.75 Å². The summed E-state index contributed by atoms with van der Waals surface area (Å²) >= 11 is 1.18. The zero-order valence-corrected chi connectivity index (χ0v) is 17.1. The van der Waals surface area contributed by atoms with Gasteiger partial charge in [0.05, 0.1) is 11.4 Å². The summed E-state index contributed by atoms with van der Waals surface area (Å²) in [4.78, 5) is 12.4. The Hall–Kier alpha value is -3.58. The van der Waals surface area contributed by atoms with Crippen LogP contribution in [-0.4, -0.2) is 21.9 Å². The van der Waals surface area contributed by atoms with E-state index in [0.29, 0.717) is 28.3 Å². The molecule has 4 rings (SSSR count). The van der Waals surface area contributed by atoms with Crippen LogP contribution < -0.4 is 10.1 Å². The highest BCUT2D eigenvalue weighted by Crippen LogP contribution is 2.29. The Morgan fingerprint density at radius 2 is 1.70 bits per heavy atom. The van der Waals surface area contributed by atoms with Gasteiger partial charge in [0, 0.05) is 5.56 Å². The number of amides is 1. The van der Waals surface area contributed by atoms with E-state index in [1.54, 1.807) is 6.07 Å². The fourth-order valence-electron chi connectivity index (χ4n) is 2.67. The summed E-state index contributed by atoms with van der Waals surface area (Å²) in [5, 5.41) is 11.3. The lowest BCUT2D eigenvalue weighted by molar-refractivity contribution is -0.113. The fraction of sp³-hybridized carbons (Fsp3) is 0.0870. The number of ether oxygens (including phenoxy) is 1. The quantitative estimate of drug-likeness (QED) is 0.396. The molecule has 6 nitrogen and oxygen atoms in total. The predicted octanol–water partition coefficient (Wildman–Crippen LogP) is 5.57. The summed E-state index contributed by atoms with van der Waals surface area (Å²) in [5.74, 6) is 1.64. The van der Waals surface area contributed by atoms with Crippen LogP contribution in [-0.2, 0) is 4.79 Å². The van der Waals surface area contributed by atoms with Crippen LogP contribution in [0, 0.1) is 6.92 Å². The van der Waals surface area contributed by atoms with Gasteiger partial charge in [0.1, 0.15) is 5.75 Å². The number of hydrogen-bond acceptors (Lipinski definition) is 6. The van der Waals surface area contributed by atoms with Crippen molar-refractivity contribution in [2.75, 3.05) is 11.1 Å². The molecule has 0 unspecified atom stereocenters. The highest BCUT2D eigenvalue weighted by atomic mass is 32.2. The van der Waals surface area contributed by atoms with Gasteiger partial charge < -0.3 is 14.5 Å². The Kier molecular flexibility index (Phi) is 6.10. The molecule has 0 atom stereocenters. The molecule has 0 spiro atoms. The molecule has 7 heteroatoms. The second-order valence-electron chi connectivity index (χ2n) is 6.49. The first-order valence-electron chi connectivity index (χ1n) is 9.32. The summed E-state index contributed by atoms with van der Waals surface area (Å²) in [6, 6.07) is 24.5. The SMILES string of the molecule is Cc1ccc(-c2nnc(SCC(=O)Nc3ccccc3Oc3ccccc3)o2)cc1. The summed E-state index contributed by atoms with van der Waals surface area (Å²) < 4.78 is 11.5. The standard InChI is InChI=1S/C23H19N3O3S/c1-16-11-13-17(14-12-16)22-25-26-23(29-22)30-15-21(27)24-19-9-5-6-10-20(19)28-18-7-3-2-4-8-18/h2-14H,15H2,1H3,(H,24,27). The first-order valence-corrected chi connectivity index (χ1v) is 10.3. The van der Waals surface area contributed by atoms with Gasteiger partial charge in [0.2, 0.25) is 11.8 Å². The Bertz CT molecular complexity index is 1130. The molecule has 1 heterocycles. The Labute approximate surface area is 178 Å². The van der Waals surface area contributed by atoms with Crippen LogP contribution in [0.4, 0.5) is 5.69 Å². The number of thioether (sulfide) groups is 1. The van der Waals surface area contributed by atoms with Crippen LogP contribution in [0.3, 0.4) is 0 Å². The van der Waals surface area contributed by atoms with E-state index >= 15 is 0 Å². The van der Waals surface area contributed by atoms with Crippen molar-refractivity contribution in [2.45, 2.75) is 12.1 Å². The number of nitrogens with one attached hydrogen (secondary N) is 1. The van der Waals surface area contributed by atoms with Gasteiger partial charge in [-0.1, -0.05) is 59.8 Å². The lowest BCUT2D eigenvalue weighted by Crippen LogP contribution is -2.14. The third-order valence-corrected chi connectivity index (χ3v) is 4.98. The van der Waals surface area contributed by atoms with Crippen LogP contribution in [0.1, 0.15) is 5.56 Å². The van der Waals surface area contributed by atoms with Gasteiger partial charge in [-0.25, -0.2) is 0 Å². The van der Waals surface area contributed by atoms with E-state index in [-0.39, 0.29) is 11.7 Å². The molecular weight excluding hydrogens is 398 g/mol. The molecule has 3 aromatic carbocycles. The molecule has 1 N–H and O–H groups in total. The molecule has 150 valence electrons. The maximum atomic E-state index is 12.4. The average molecular weight is 417 g/mol. The van der Waals surface area contributed by atoms with Gasteiger partial charge in [-0.3, -0.25) is 4.79 Å². The van der Waals surface area contributed by atoms with Crippen molar-refractivity contribution < 1.29 is 13.9 Å². The highest BCUT2D eigenvalue weighted by Gasteiger charge is 2.13. The molecule has 0 aliphatic rings. The van der Waals surface area contributed by atoms with Crippen LogP contribution in [0.5, 0.6) is 11.5 Å². The number of anilines is 1. The third kappa shape index (κ3) is 5.07. The minimum Gasteiger partial charge on any atom is -0.455 e. The van der Waals surface area contributed by atoms with E-state index in [4.69, 9.17) is 9.15 Å². The number of hydrogen-bond donors (Lipinski definition) is 1. The molecule has 0 radical (unpaired) electrons. The molecule has 0 fully saturated rings. The monoisotopic (exact) mass is 417 g/mol. The van der Waals surface area contributed by atoms with E-state index in [9.17, 15) is 4.79 Å². The summed E-state index contributed by atoms with van der Waals surface area (Å²) in [6.45, 7) is 2.01. The Balaban J connectivity index is 1.36. The average Bonchev–Trinajstić information content (AvgIpc) is 3.24. The Morgan fingerprint density at radius 3 is 2.50 bits per heavy atom. The fourth-order valence-corrected chi connectivity index (χ4v) is 3.23. The van der Waals surface area contributed by atoms with Gasteiger partial charge >= 0.3 is 0 Å². The zero-order valence-electron chi connectivity index (χ0n) is 16.2. The topological polar surface area (TPSA) is 77.2 Å². The van der Waals surface area contributed by atoms with Gasteiger partial charge in [-0.2, -0.15) is 0 Å². The normalized spacial score (nSPS) is 10.6. The summed E-state index contributed by atoms with van der Waals surface area (Å²) in [6.07, 6.45) is 0. The Morgan fingerprint density at radius 1 is 0.967 bits per heavy atom. The molecule has 4 aromatic rings. The van der Waals surface area contributed by atoms with Crippen molar-refractivity contribution in [1.82, 2.24) is 10.2 Å². The molecule has 1 aromatic heterocycles. The number of benzene rings is 3. The number of aromatic nitrogens is 2. The number of para-hydroxylation sites is 3. The molecule has 0 bridgehead atoms. The molecule has 0 aliphatic heterocycles. The molecular formula is C23H19N3O3S. The third-order valence-electron chi connectivity index (χ3n) is 4.16. The number of aryl methyl sites for hydroxylation is 1. The molecule has 0 saturated heterocycles. The summed E-state index contributed by atoms with van der Waals surface area (Å²) in [7, 11) is 0. The second kappa shape index (κ2) is 9.28. The van der Waals surface area contributed by atoms with Crippen molar-refractivity contribution in [3.8, 4) is 23.0 Å². The molecule has 1 amide bonds. The summed E-state index contributed by atoms with van der Waals surface area (Å²) in [5.41, 5.74) is 2.59. The van der Waals surface area contributed by atoms with Gasteiger partial charge in [0.25, 0.3) is 5.22 Å². The minimum absolute atomic E-state index is 0.134. The lowest BCUT2D eigenvalue weighted by atomic mass is 10.1. The predicted molar refractivity (Wildman–Crippen MR) is 117 cm³/mol. The minimum atomic E-state index is -0.195. The highest BCUT2D eigenvalue weighted by molar-refractivity contribution is 7.99. The molecule has 30 heavy (non-hydrogen) atoms. The van der Waals surface area contributed by atoms with E-state index in [1.165, 1.54) is 11.8 Å². The first-order chi connectivity index (χ1) is 14.7. The van der Waals surface area contributed by atoms with Crippen LogP contribution >= 0.6 is 11.8 Å². The van der Waals surface area contributed by atoms with Crippen LogP contribution in [0.15, 0.2) is 88.5 Å². The van der Waals surface area contributed by atoms with E-state index in [1.807, 2.05) is 79.7 Å². The molecule has 0 aliphatic carbocycles. The number of nitrogens with zero attached hydrogens (tertiary/aromatic N) is 2. The van der Waals surface area contributed by atoms with Crippen LogP contribution in [0.25, 0.3) is 11.5 Å². The van der Waals surface area contributed by atoms with E-state index < -0.39 is 0 Å². The van der Waals surface area contributed by atoms with Crippen molar-refractivity contribution in [2.24, 2.45) is 0 Å². The maximum Gasteiger partial charge on any atom is 0.277 e. The molecule has 0 saturated carbocycles. The van der Waals surface area contributed by atoms with Gasteiger partial charge in [-0.05, 0) is 43.3 Å². The van der Waals surface area contributed by atoms with Crippen LogP contribution in [0.2, 0.25) is 0 Å². The van der Waals surface area contributed by atoms with E-state index in [0.717, 1.165) is 11.1 Å². The number of rotatable bonds is 7.